The molecule has 13 heavy (non-hydrogen) atoms. The molecule has 0 amide bonds. The molecule has 0 aliphatic heterocycles. The van der Waals surface area contributed by atoms with E-state index in [0.29, 0.717) is 6.73 Å². The maximum atomic E-state index is 4.97. The van der Waals surface area contributed by atoms with Crippen LogP contribution in [0.15, 0.2) is 12.5 Å². The Morgan fingerprint density at radius 3 is 3.15 bits per heavy atom. The second-order valence-corrected chi connectivity index (χ2v) is 2.97. The van der Waals surface area contributed by atoms with Crippen molar-refractivity contribution in [1.82, 2.24) is 14.9 Å². The first-order valence-corrected chi connectivity index (χ1v) is 4.57. The highest BCUT2D eigenvalue weighted by Gasteiger charge is 1.96. The van der Waals surface area contributed by atoms with Crippen LogP contribution < -0.4 is 5.32 Å². The van der Waals surface area contributed by atoms with Crippen molar-refractivity contribution < 1.29 is 4.74 Å². The van der Waals surface area contributed by atoms with Gasteiger partial charge in [-0.2, -0.15) is 0 Å². The van der Waals surface area contributed by atoms with Gasteiger partial charge < -0.3 is 14.6 Å². The Morgan fingerprint density at radius 1 is 1.62 bits per heavy atom. The molecule has 0 atom stereocenters. The number of hydrogen-bond acceptors (Lipinski definition) is 3. The van der Waals surface area contributed by atoms with Crippen LogP contribution in [-0.4, -0.2) is 23.2 Å². The molecule has 1 aromatic heterocycles. The first kappa shape index (κ1) is 10.2. The second kappa shape index (κ2) is 5.72. The van der Waals surface area contributed by atoms with Crippen LogP contribution in [0.2, 0.25) is 0 Å². The normalized spacial score (nSPS) is 10.6. The topological polar surface area (TPSA) is 39.1 Å². The maximum Gasteiger partial charge on any atom is 0.123 e. The summed E-state index contributed by atoms with van der Waals surface area (Å²) in [6.07, 6.45) is 4.93. The molecule has 0 saturated carbocycles. The molecule has 0 aliphatic carbocycles. The highest BCUT2D eigenvalue weighted by molar-refractivity contribution is 4.95. The van der Waals surface area contributed by atoms with Crippen molar-refractivity contribution in [1.29, 1.82) is 0 Å². The van der Waals surface area contributed by atoms with E-state index in [1.54, 1.807) is 13.4 Å². The summed E-state index contributed by atoms with van der Waals surface area (Å²) in [6.45, 7) is 4.60. The minimum absolute atomic E-state index is 0.570. The average Bonchev–Trinajstić information content (AvgIpc) is 2.54. The third-order valence-corrected chi connectivity index (χ3v) is 1.70. The molecular weight excluding hydrogens is 166 g/mol. The van der Waals surface area contributed by atoms with E-state index in [4.69, 9.17) is 4.74 Å². The Hall–Kier alpha value is -0.870. The molecule has 0 aliphatic rings. The SMILES string of the molecule is CCCNCc1cn(COC)cn1. The largest absolute Gasteiger partial charge is 0.364 e. The van der Waals surface area contributed by atoms with Crippen LogP contribution in [-0.2, 0) is 18.0 Å². The fraction of sp³-hybridized carbons (Fsp3) is 0.667. The molecular formula is C9H17N3O. The van der Waals surface area contributed by atoms with E-state index in [1.807, 2.05) is 10.8 Å². The van der Waals surface area contributed by atoms with Crippen molar-refractivity contribution in [3.63, 3.8) is 0 Å². The number of nitrogens with one attached hydrogen (secondary N) is 1. The summed E-state index contributed by atoms with van der Waals surface area (Å²) >= 11 is 0. The molecule has 1 heterocycles. The van der Waals surface area contributed by atoms with E-state index in [9.17, 15) is 0 Å². The number of ether oxygens (including phenoxy) is 1. The molecule has 0 unspecified atom stereocenters. The summed E-state index contributed by atoms with van der Waals surface area (Å²) in [7, 11) is 1.68. The Balaban J connectivity index is 2.31. The highest BCUT2D eigenvalue weighted by Crippen LogP contribution is 1.95. The highest BCUT2D eigenvalue weighted by atomic mass is 16.5. The van der Waals surface area contributed by atoms with Gasteiger partial charge in [-0.05, 0) is 13.0 Å². The lowest BCUT2D eigenvalue weighted by Crippen LogP contribution is -2.13. The van der Waals surface area contributed by atoms with Crippen LogP contribution in [0.4, 0.5) is 0 Å². The van der Waals surface area contributed by atoms with E-state index in [2.05, 4.69) is 17.2 Å². The van der Waals surface area contributed by atoms with Crippen molar-refractivity contribution >= 4 is 0 Å². The van der Waals surface area contributed by atoms with Crippen LogP contribution in [0.25, 0.3) is 0 Å². The monoisotopic (exact) mass is 183 g/mol. The molecule has 74 valence electrons. The zero-order valence-corrected chi connectivity index (χ0v) is 8.29. The summed E-state index contributed by atoms with van der Waals surface area (Å²) < 4.78 is 6.89. The minimum Gasteiger partial charge on any atom is -0.364 e. The van der Waals surface area contributed by atoms with Gasteiger partial charge in [0.15, 0.2) is 0 Å². The number of aromatic nitrogens is 2. The lowest BCUT2D eigenvalue weighted by molar-refractivity contribution is 0.131. The Bertz CT molecular complexity index is 235. The molecule has 0 saturated heterocycles. The fourth-order valence-corrected chi connectivity index (χ4v) is 1.11. The van der Waals surface area contributed by atoms with Gasteiger partial charge in [0.05, 0.1) is 12.0 Å². The summed E-state index contributed by atoms with van der Waals surface area (Å²) in [5.74, 6) is 0. The molecule has 0 fully saturated rings. The van der Waals surface area contributed by atoms with Crippen molar-refractivity contribution in [3.05, 3.63) is 18.2 Å². The predicted molar refractivity (Wildman–Crippen MR) is 51.2 cm³/mol. The van der Waals surface area contributed by atoms with Crippen molar-refractivity contribution in [2.75, 3.05) is 13.7 Å². The molecule has 1 N–H and O–H groups in total. The number of imidazole rings is 1. The van der Waals surface area contributed by atoms with Crippen molar-refractivity contribution in [2.24, 2.45) is 0 Å². The standard InChI is InChI=1S/C9H17N3O/c1-3-4-10-5-9-6-12(7-11-9)8-13-2/h6-7,10H,3-5,8H2,1-2H3. The Kier molecular flexibility index (Phi) is 4.49. The van der Waals surface area contributed by atoms with E-state index in [1.165, 1.54) is 0 Å². The Morgan fingerprint density at radius 2 is 2.46 bits per heavy atom. The summed E-state index contributed by atoms with van der Waals surface area (Å²) in [5.41, 5.74) is 1.06. The van der Waals surface area contributed by atoms with Crippen LogP contribution >= 0.6 is 0 Å². The number of nitrogens with zero attached hydrogens (tertiary/aromatic N) is 2. The number of rotatable bonds is 6. The van der Waals surface area contributed by atoms with Gasteiger partial charge in [-0.3, -0.25) is 0 Å². The van der Waals surface area contributed by atoms with Gasteiger partial charge in [-0.25, -0.2) is 4.98 Å². The van der Waals surface area contributed by atoms with Crippen molar-refractivity contribution in [2.45, 2.75) is 26.6 Å². The zero-order chi connectivity index (χ0) is 9.52. The predicted octanol–water partition coefficient (Wildman–Crippen LogP) is 0.987. The molecule has 4 nitrogen and oxygen atoms in total. The zero-order valence-electron chi connectivity index (χ0n) is 8.29. The molecule has 0 bridgehead atoms. The smallest absolute Gasteiger partial charge is 0.123 e. The average molecular weight is 183 g/mol. The van der Waals surface area contributed by atoms with Gasteiger partial charge in [0, 0.05) is 19.9 Å². The van der Waals surface area contributed by atoms with Crippen LogP contribution in [0, 0.1) is 0 Å². The van der Waals surface area contributed by atoms with Gasteiger partial charge in [0.25, 0.3) is 0 Å². The first-order chi connectivity index (χ1) is 6.36. The van der Waals surface area contributed by atoms with E-state index < -0.39 is 0 Å². The third-order valence-electron chi connectivity index (χ3n) is 1.70. The summed E-state index contributed by atoms with van der Waals surface area (Å²) in [4.78, 5) is 4.23. The lowest BCUT2D eigenvalue weighted by atomic mass is 10.4. The number of hydrogen-bond donors (Lipinski definition) is 1. The third kappa shape index (κ3) is 3.57. The molecule has 4 heteroatoms. The lowest BCUT2D eigenvalue weighted by Gasteiger charge is -1.99. The molecule has 0 radical (unpaired) electrons. The van der Waals surface area contributed by atoms with E-state index in [-0.39, 0.29) is 0 Å². The quantitative estimate of drug-likeness (QED) is 0.668. The first-order valence-electron chi connectivity index (χ1n) is 4.57. The summed E-state index contributed by atoms with van der Waals surface area (Å²) in [5, 5.41) is 3.29. The molecule has 1 aromatic rings. The minimum atomic E-state index is 0.570. The van der Waals surface area contributed by atoms with Gasteiger partial charge in [0.2, 0.25) is 0 Å². The fourth-order valence-electron chi connectivity index (χ4n) is 1.11. The van der Waals surface area contributed by atoms with Crippen LogP contribution in [0.1, 0.15) is 19.0 Å². The molecule has 0 aromatic carbocycles. The number of methoxy groups -OCH3 is 1. The summed E-state index contributed by atoms with van der Waals surface area (Å²) in [6, 6.07) is 0. The van der Waals surface area contributed by atoms with Gasteiger partial charge in [-0.15, -0.1) is 0 Å². The Labute approximate surface area is 78.9 Å². The van der Waals surface area contributed by atoms with Crippen molar-refractivity contribution in [3.8, 4) is 0 Å². The molecule has 1 rings (SSSR count). The van der Waals surface area contributed by atoms with Crippen LogP contribution in [0.3, 0.4) is 0 Å². The van der Waals surface area contributed by atoms with Crippen LogP contribution in [0.5, 0.6) is 0 Å². The van der Waals surface area contributed by atoms with E-state index >= 15 is 0 Å². The molecule has 0 spiro atoms. The van der Waals surface area contributed by atoms with E-state index in [0.717, 1.165) is 25.2 Å². The van der Waals surface area contributed by atoms with Gasteiger partial charge >= 0.3 is 0 Å². The van der Waals surface area contributed by atoms with Gasteiger partial charge in [-0.1, -0.05) is 6.92 Å². The van der Waals surface area contributed by atoms with Gasteiger partial charge in [0.1, 0.15) is 6.73 Å². The second-order valence-electron chi connectivity index (χ2n) is 2.97. The maximum absolute atomic E-state index is 4.97.